The number of ether oxygens (including phenoxy) is 1. The number of carbonyl (C=O) groups excluding carboxylic acids is 2. The zero-order valence-electron chi connectivity index (χ0n) is 25.5. The summed E-state index contributed by atoms with van der Waals surface area (Å²) in [4.78, 5) is 35.1. The zero-order valence-corrected chi connectivity index (χ0v) is 28.1. The van der Waals surface area contributed by atoms with Crippen LogP contribution in [0.4, 0.5) is 5.00 Å². The van der Waals surface area contributed by atoms with E-state index in [9.17, 15) is 18.4 Å². The van der Waals surface area contributed by atoms with E-state index < -0.39 is 31.2 Å². The lowest BCUT2D eigenvalue weighted by atomic mass is 10.1. The van der Waals surface area contributed by atoms with Gasteiger partial charge in [-0.05, 0) is 52.4 Å². The molecule has 5 rings (SSSR count). The Morgan fingerprint density at radius 3 is 2.32 bits per heavy atom. The van der Waals surface area contributed by atoms with Crippen LogP contribution in [0.2, 0.25) is 19.6 Å². The van der Waals surface area contributed by atoms with E-state index in [1.165, 1.54) is 18.4 Å². The van der Waals surface area contributed by atoms with Crippen molar-refractivity contribution in [2.24, 2.45) is 0 Å². The van der Waals surface area contributed by atoms with E-state index in [0.717, 1.165) is 42.4 Å². The van der Waals surface area contributed by atoms with Crippen LogP contribution in [0.25, 0.3) is 22.3 Å². The van der Waals surface area contributed by atoms with Crippen LogP contribution >= 0.6 is 11.3 Å². The van der Waals surface area contributed by atoms with Crippen molar-refractivity contribution in [2.75, 3.05) is 11.4 Å². The standard InChI is InChI=1S/C32H34N4O5S2Si/c1-7-26-34-28-20(2)17-25(32(38)41-3)33-29(28)35(26)19-21-13-15-22(16-14-21)24-18-27(44(4,5)6)42-31(24)36(43(39)40)30(37)23-11-9-8-10-12-23/h8-18H,7,19H2,1-6H3,(H,39,40). The van der Waals surface area contributed by atoms with E-state index in [0.29, 0.717) is 29.2 Å². The fraction of sp³-hybridized carbons (Fsp3) is 0.250. The predicted octanol–water partition coefficient (Wildman–Crippen LogP) is 6.19. The number of aryl methyl sites for hydroxylation is 2. The summed E-state index contributed by atoms with van der Waals surface area (Å²) in [6.07, 6.45) is 0.683. The number of hydrogen-bond acceptors (Lipinski definition) is 7. The topological polar surface area (TPSA) is 115 Å². The average molecular weight is 647 g/mol. The lowest BCUT2D eigenvalue weighted by Crippen LogP contribution is -2.35. The van der Waals surface area contributed by atoms with Crippen molar-refractivity contribution in [1.29, 1.82) is 0 Å². The Morgan fingerprint density at radius 1 is 1.05 bits per heavy atom. The fourth-order valence-corrected chi connectivity index (χ4v) is 8.67. The fourth-order valence-electron chi connectivity index (χ4n) is 4.95. The molecule has 3 heterocycles. The molecule has 1 amide bonds. The molecule has 0 bridgehead atoms. The second-order valence-electron chi connectivity index (χ2n) is 11.4. The third kappa shape index (κ3) is 6.16. The van der Waals surface area contributed by atoms with E-state index in [1.807, 2.05) is 42.7 Å². The van der Waals surface area contributed by atoms with E-state index in [4.69, 9.17) is 9.72 Å². The van der Waals surface area contributed by atoms with Crippen molar-refractivity contribution in [3.05, 3.63) is 94.9 Å². The highest BCUT2D eigenvalue weighted by molar-refractivity contribution is 7.82. The molecule has 1 unspecified atom stereocenters. The maximum atomic E-state index is 13.5. The molecule has 0 saturated carbocycles. The van der Waals surface area contributed by atoms with Gasteiger partial charge in [0, 0.05) is 17.5 Å². The number of methoxy groups -OCH3 is 1. The lowest BCUT2D eigenvalue weighted by molar-refractivity contribution is 0.0594. The van der Waals surface area contributed by atoms with Crippen molar-refractivity contribution >= 4 is 63.2 Å². The van der Waals surface area contributed by atoms with Crippen molar-refractivity contribution in [1.82, 2.24) is 14.5 Å². The van der Waals surface area contributed by atoms with Crippen LogP contribution in [0.1, 0.15) is 44.7 Å². The summed E-state index contributed by atoms with van der Waals surface area (Å²) in [5, 5.41) is 0.439. The van der Waals surface area contributed by atoms with Crippen LogP contribution in [-0.2, 0) is 29.0 Å². The average Bonchev–Trinajstić information content (AvgIpc) is 3.60. The normalized spacial score (nSPS) is 12.3. The van der Waals surface area contributed by atoms with Crippen LogP contribution in [-0.4, -0.2) is 50.4 Å². The number of thiophene rings is 1. The smallest absolute Gasteiger partial charge is 0.356 e. The Morgan fingerprint density at radius 2 is 1.73 bits per heavy atom. The van der Waals surface area contributed by atoms with Gasteiger partial charge in [0.05, 0.1) is 21.7 Å². The van der Waals surface area contributed by atoms with Crippen LogP contribution in [0.5, 0.6) is 0 Å². The molecule has 0 aliphatic heterocycles. The number of rotatable bonds is 9. The summed E-state index contributed by atoms with van der Waals surface area (Å²) in [6.45, 7) is 11.0. The molecule has 0 radical (unpaired) electrons. The van der Waals surface area contributed by atoms with Gasteiger partial charge < -0.3 is 9.30 Å². The second-order valence-corrected chi connectivity index (χ2v) is 18.7. The van der Waals surface area contributed by atoms with Gasteiger partial charge in [-0.2, -0.15) is 4.31 Å². The van der Waals surface area contributed by atoms with Crippen LogP contribution < -0.4 is 8.81 Å². The molecule has 1 N–H and O–H groups in total. The highest BCUT2D eigenvalue weighted by Gasteiger charge is 2.31. The van der Waals surface area contributed by atoms with Gasteiger partial charge in [-0.3, -0.25) is 9.35 Å². The molecule has 5 aromatic rings. The summed E-state index contributed by atoms with van der Waals surface area (Å²) < 4.78 is 32.0. The minimum absolute atomic E-state index is 0.232. The Hall–Kier alpha value is -3.97. The number of fused-ring (bicyclic) bond motifs is 1. The number of benzene rings is 2. The summed E-state index contributed by atoms with van der Waals surface area (Å²) in [5.41, 5.74) is 5.31. The molecule has 228 valence electrons. The van der Waals surface area contributed by atoms with Crippen LogP contribution in [0.3, 0.4) is 0 Å². The minimum Gasteiger partial charge on any atom is -0.464 e. The Labute approximate surface area is 264 Å². The number of hydrogen-bond donors (Lipinski definition) is 1. The third-order valence-electron chi connectivity index (χ3n) is 7.29. The van der Waals surface area contributed by atoms with E-state index >= 15 is 0 Å². The number of aromatic nitrogens is 3. The maximum Gasteiger partial charge on any atom is 0.356 e. The lowest BCUT2D eigenvalue weighted by Gasteiger charge is -2.19. The number of nitrogens with zero attached hydrogens (tertiary/aromatic N) is 4. The summed E-state index contributed by atoms with van der Waals surface area (Å²) >= 11 is -1.18. The van der Waals surface area contributed by atoms with Crippen molar-refractivity contribution in [2.45, 2.75) is 46.5 Å². The highest BCUT2D eigenvalue weighted by Crippen LogP contribution is 2.38. The molecule has 44 heavy (non-hydrogen) atoms. The zero-order chi connectivity index (χ0) is 31.8. The molecule has 0 aliphatic carbocycles. The molecule has 2 aromatic carbocycles. The largest absolute Gasteiger partial charge is 0.464 e. The predicted molar refractivity (Wildman–Crippen MR) is 179 cm³/mol. The van der Waals surface area contributed by atoms with Gasteiger partial charge >= 0.3 is 5.97 Å². The number of pyridine rings is 1. The van der Waals surface area contributed by atoms with Gasteiger partial charge in [-0.25, -0.2) is 19.0 Å². The molecule has 0 saturated heterocycles. The number of esters is 1. The Balaban J connectivity index is 1.55. The van der Waals surface area contributed by atoms with Gasteiger partial charge in [0.2, 0.25) is 0 Å². The molecule has 12 heteroatoms. The highest BCUT2D eigenvalue weighted by atomic mass is 32.2. The summed E-state index contributed by atoms with van der Waals surface area (Å²) in [5.74, 6) is -0.193. The Kier molecular flexibility index (Phi) is 8.98. The first-order chi connectivity index (χ1) is 20.9. The van der Waals surface area contributed by atoms with Gasteiger partial charge in [0.25, 0.3) is 17.2 Å². The molecule has 9 nitrogen and oxygen atoms in total. The molecule has 0 fully saturated rings. The van der Waals surface area contributed by atoms with Crippen molar-refractivity contribution < 1.29 is 23.1 Å². The number of amides is 1. The van der Waals surface area contributed by atoms with Crippen molar-refractivity contribution in [3.8, 4) is 11.1 Å². The van der Waals surface area contributed by atoms with E-state index in [-0.39, 0.29) is 5.69 Å². The molecule has 0 aliphatic rings. The number of carbonyl (C=O) groups is 2. The van der Waals surface area contributed by atoms with E-state index in [2.05, 4.69) is 30.7 Å². The van der Waals surface area contributed by atoms with Crippen LogP contribution in [0.15, 0.2) is 66.7 Å². The van der Waals surface area contributed by atoms with E-state index in [1.54, 1.807) is 36.4 Å². The second kappa shape index (κ2) is 12.6. The van der Waals surface area contributed by atoms with Gasteiger partial charge in [-0.15, -0.1) is 11.3 Å². The van der Waals surface area contributed by atoms with Crippen LogP contribution in [0, 0.1) is 6.92 Å². The van der Waals surface area contributed by atoms with Gasteiger partial charge in [0.1, 0.15) is 16.3 Å². The monoisotopic (exact) mass is 646 g/mol. The molecular weight excluding hydrogens is 613 g/mol. The molecule has 1 atom stereocenters. The van der Waals surface area contributed by atoms with Gasteiger partial charge in [-0.1, -0.05) is 69.0 Å². The number of imidazole rings is 1. The van der Waals surface area contributed by atoms with Gasteiger partial charge in [0.15, 0.2) is 11.3 Å². The quantitative estimate of drug-likeness (QED) is 0.115. The summed E-state index contributed by atoms with van der Waals surface area (Å²) in [6, 6.07) is 20.2. The van der Waals surface area contributed by atoms with Crippen molar-refractivity contribution in [3.63, 3.8) is 0 Å². The first kappa shape index (κ1) is 31.5. The first-order valence-electron chi connectivity index (χ1n) is 14.1. The molecule has 0 spiro atoms. The molecule has 3 aromatic heterocycles. The number of anilines is 1. The SMILES string of the molecule is CCc1nc2c(C)cc(C(=O)OC)nc2n1Cc1ccc(-c2cc([Si](C)(C)C)sc2N(C(=O)c2ccccc2)S(=O)O)cc1. The Bertz CT molecular complexity index is 1880. The third-order valence-corrected chi connectivity index (χ3v) is 12.8. The molecular formula is C32H34N4O5S2Si. The first-order valence-corrected chi connectivity index (χ1v) is 19.5. The maximum absolute atomic E-state index is 13.5. The summed E-state index contributed by atoms with van der Waals surface area (Å²) in [7, 11) is -0.499. The minimum atomic E-state index is -2.57.